The number of hydrogen-bond donors (Lipinski definition) is 1. The zero-order chi connectivity index (χ0) is 21.5. The Labute approximate surface area is 182 Å². The lowest BCUT2D eigenvalue weighted by atomic mass is 10.2. The summed E-state index contributed by atoms with van der Waals surface area (Å²) in [6.07, 6.45) is 2.18. The van der Waals surface area contributed by atoms with E-state index in [0.29, 0.717) is 13.1 Å². The largest absolute Gasteiger partial charge is 0.375 e. The van der Waals surface area contributed by atoms with Crippen LogP contribution >= 0.6 is 11.3 Å². The zero-order valence-corrected chi connectivity index (χ0v) is 19.3. The Morgan fingerprint density at radius 1 is 1.50 bits per heavy atom. The third-order valence-corrected chi connectivity index (χ3v) is 6.12. The molecule has 1 N–H and O–H groups in total. The summed E-state index contributed by atoms with van der Waals surface area (Å²) in [6, 6.07) is 4.19. The summed E-state index contributed by atoms with van der Waals surface area (Å²) >= 11 is 1.62. The molecule has 2 atom stereocenters. The van der Waals surface area contributed by atoms with Gasteiger partial charge in [-0.3, -0.25) is 4.99 Å². The molecule has 2 unspecified atom stereocenters. The van der Waals surface area contributed by atoms with Crippen LogP contribution in [0.4, 0.5) is 5.82 Å². The number of aliphatic imine (C=N–C) groups is 1. The summed E-state index contributed by atoms with van der Waals surface area (Å²) in [4.78, 5) is 18.0. The molecule has 2 aromatic rings. The van der Waals surface area contributed by atoms with Gasteiger partial charge in [-0.2, -0.15) is 0 Å². The van der Waals surface area contributed by atoms with Crippen LogP contribution in [0.15, 0.2) is 28.7 Å². The minimum absolute atomic E-state index is 0.0163. The molecule has 3 heterocycles. The summed E-state index contributed by atoms with van der Waals surface area (Å²) in [7, 11) is 5.50. The molecule has 1 saturated heterocycles. The number of pyridine rings is 1. The lowest BCUT2D eigenvalue weighted by Crippen LogP contribution is -2.41. The predicted octanol–water partition coefficient (Wildman–Crippen LogP) is 2.68. The quantitative estimate of drug-likeness (QED) is 0.532. The summed E-state index contributed by atoms with van der Waals surface area (Å²) in [6.45, 7) is 7.95. The first-order chi connectivity index (χ1) is 14.5. The zero-order valence-electron chi connectivity index (χ0n) is 18.5. The summed E-state index contributed by atoms with van der Waals surface area (Å²) in [5, 5.41) is 6.47. The summed E-state index contributed by atoms with van der Waals surface area (Å²) < 4.78 is 11.0. The Balaban J connectivity index is 1.52. The topological polar surface area (TPSA) is 75.1 Å². The second kappa shape index (κ2) is 10.7. The van der Waals surface area contributed by atoms with Crippen LogP contribution in [0.5, 0.6) is 0 Å². The van der Waals surface area contributed by atoms with Crippen molar-refractivity contribution < 1.29 is 9.47 Å². The van der Waals surface area contributed by atoms with E-state index in [4.69, 9.17) is 9.47 Å². The molecule has 8 nitrogen and oxygen atoms in total. The van der Waals surface area contributed by atoms with Gasteiger partial charge in [-0.15, -0.1) is 11.3 Å². The van der Waals surface area contributed by atoms with Crippen molar-refractivity contribution in [2.75, 3.05) is 45.8 Å². The highest BCUT2D eigenvalue weighted by molar-refractivity contribution is 7.09. The third-order valence-electron chi connectivity index (χ3n) is 5.07. The van der Waals surface area contributed by atoms with Gasteiger partial charge in [-0.05, 0) is 25.5 Å². The van der Waals surface area contributed by atoms with Gasteiger partial charge in [0, 0.05) is 52.4 Å². The van der Waals surface area contributed by atoms with Crippen molar-refractivity contribution in [1.29, 1.82) is 0 Å². The van der Waals surface area contributed by atoms with Crippen LogP contribution in [0.3, 0.4) is 0 Å². The highest BCUT2D eigenvalue weighted by Gasteiger charge is 2.18. The van der Waals surface area contributed by atoms with Crippen LogP contribution in [-0.2, 0) is 22.6 Å². The molecule has 164 valence electrons. The molecular weight excluding hydrogens is 400 g/mol. The van der Waals surface area contributed by atoms with Crippen molar-refractivity contribution in [2.45, 2.75) is 39.1 Å². The second-order valence-electron chi connectivity index (χ2n) is 7.46. The van der Waals surface area contributed by atoms with Crippen molar-refractivity contribution in [3.63, 3.8) is 0 Å². The van der Waals surface area contributed by atoms with Crippen LogP contribution in [0.25, 0.3) is 0 Å². The normalized spacial score (nSPS) is 18.4. The van der Waals surface area contributed by atoms with E-state index < -0.39 is 0 Å². The number of rotatable bonds is 7. The van der Waals surface area contributed by atoms with Crippen LogP contribution in [-0.4, -0.2) is 67.8 Å². The molecule has 0 bridgehead atoms. The average Bonchev–Trinajstić information content (AvgIpc) is 3.22. The van der Waals surface area contributed by atoms with Gasteiger partial charge in [0.25, 0.3) is 0 Å². The number of thiazole rings is 1. The van der Waals surface area contributed by atoms with Crippen LogP contribution in [0.1, 0.15) is 36.2 Å². The molecule has 0 spiro atoms. The van der Waals surface area contributed by atoms with E-state index >= 15 is 0 Å². The van der Waals surface area contributed by atoms with Crippen molar-refractivity contribution in [3.8, 4) is 0 Å². The number of anilines is 1. The molecule has 1 aliphatic heterocycles. The first kappa shape index (κ1) is 22.5. The lowest BCUT2D eigenvalue weighted by Gasteiger charge is -2.32. The van der Waals surface area contributed by atoms with E-state index in [1.165, 1.54) is 0 Å². The van der Waals surface area contributed by atoms with E-state index in [0.717, 1.165) is 47.7 Å². The number of morpholine rings is 1. The standard InChI is InChI=1S/C21H32N6O2S/c1-15-12-27(8-9-29-15)19-7-6-17(10-23-19)11-24-21(22-3)26(4)13-18-14-30-20(25-18)16(2)28-5/h6-7,10,14-16H,8-9,11-13H2,1-5H3,(H,22,24). The maximum Gasteiger partial charge on any atom is 0.194 e. The third kappa shape index (κ3) is 5.90. The molecule has 0 amide bonds. The molecule has 2 aromatic heterocycles. The van der Waals surface area contributed by atoms with Gasteiger partial charge in [0.2, 0.25) is 0 Å². The number of nitrogens with zero attached hydrogens (tertiary/aromatic N) is 5. The fourth-order valence-corrected chi connectivity index (χ4v) is 4.14. The minimum atomic E-state index is 0.0163. The fourth-order valence-electron chi connectivity index (χ4n) is 3.30. The Bertz CT molecular complexity index is 825. The molecule has 0 radical (unpaired) electrons. The van der Waals surface area contributed by atoms with Crippen LogP contribution in [0.2, 0.25) is 0 Å². The maximum absolute atomic E-state index is 5.61. The van der Waals surface area contributed by atoms with Crippen LogP contribution in [0, 0.1) is 0 Å². The monoisotopic (exact) mass is 432 g/mol. The number of methoxy groups -OCH3 is 1. The molecule has 9 heteroatoms. The SMILES string of the molecule is CN=C(NCc1ccc(N2CCOC(C)C2)nc1)N(C)Cc1csc(C(C)OC)n1. The lowest BCUT2D eigenvalue weighted by molar-refractivity contribution is 0.0529. The summed E-state index contributed by atoms with van der Waals surface area (Å²) in [5.74, 6) is 1.82. The van der Waals surface area contributed by atoms with E-state index in [1.807, 2.05) is 20.2 Å². The Morgan fingerprint density at radius 2 is 2.33 bits per heavy atom. The molecule has 0 saturated carbocycles. The van der Waals surface area contributed by atoms with Gasteiger partial charge < -0.3 is 24.6 Å². The van der Waals surface area contributed by atoms with E-state index in [1.54, 1.807) is 25.5 Å². The molecule has 0 aromatic carbocycles. The number of ether oxygens (including phenoxy) is 2. The highest BCUT2D eigenvalue weighted by Crippen LogP contribution is 2.21. The highest BCUT2D eigenvalue weighted by atomic mass is 32.1. The van der Waals surface area contributed by atoms with Crippen molar-refractivity contribution in [2.24, 2.45) is 4.99 Å². The number of nitrogens with one attached hydrogen (secondary N) is 1. The van der Waals surface area contributed by atoms with Gasteiger partial charge in [-0.25, -0.2) is 9.97 Å². The molecule has 3 rings (SSSR count). The van der Waals surface area contributed by atoms with Crippen molar-refractivity contribution >= 4 is 23.1 Å². The predicted molar refractivity (Wildman–Crippen MR) is 121 cm³/mol. The van der Waals surface area contributed by atoms with Crippen molar-refractivity contribution in [1.82, 2.24) is 20.2 Å². The van der Waals surface area contributed by atoms with Gasteiger partial charge in [0.05, 0.1) is 24.9 Å². The van der Waals surface area contributed by atoms with E-state index in [2.05, 4.69) is 54.5 Å². The van der Waals surface area contributed by atoms with Gasteiger partial charge >= 0.3 is 0 Å². The Morgan fingerprint density at radius 3 is 3.00 bits per heavy atom. The molecule has 0 aliphatic carbocycles. The number of guanidine groups is 1. The summed E-state index contributed by atoms with van der Waals surface area (Å²) in [5.41, 5.74) is 2.12. The minimum Gasteiger partial charge on any atom is -0.375 e. The first-order valence-corrected chi connectivity index (χ1v) is 11.1. The second-order valence-corrected chi connectivity index (χ2v) is 8.35. The number of aromatic nitrogens is 2. The van der Waals surface area contributed by atoms with Crippen molar-refractivity contribution in [3.05, 3.63) is 40.0 Å². The van der Waals surface area contributed by atoms with Crippen LogP contribution < -0.4 is 10.2 Å². The van der Waals surface area contributed by atoms with Gasteiger partial charge in [0.15, 0.2) is 5.96 Å². The smallest absolute Gasteiger partial charge is 0.194 e. The molecular formula is C21H32N6O2S. The van der Waals surface area contributed by atoms with E-state index in [9.17, 15) is 0 Å². The maximum atomic E-state index is 5.61. The first-order valence-electron chi connectivity index (χ1n) is 10.2. The number of hydrogen-bond acceptors (Lipinski definition) is 7. The van der Waals surface area contributed by atoms with Gasteiger partial charge in [0.1, 0.15) is 16.9 Å². The Hall–Kier alpha value is -2.23. The fraction of sp³-hybridized carbons (Fsp3) is 0.571. The molecule has 1 aliphatic rings. The van der Waals surface area contributed by atoms with Gasteiger partial charge in [-0.1, -0.05) is 6.07 Å². The molecule has 30 heavy (non-hydrogen) atoms. The average molecular weight is 433 g/mol. The van der Waals surface area contributed by atoms with E-state index in [-0.39, 0.29) is 12.2 Å². The molecule has 1 fully saturated rings. The Kier molecular flexibility index (Phi) is 8.01.